The van der Waals surface area contributed by atoms with E-state index in [2.05, 4.69) is 4.90 Å². The molecule has 0 saturated carbocycles. The molecular weight excluding hydrogens is 258 g/mol. The maximum absolute atomic E-state index is 10.6. The van der Waals surface area contributed by atoms with Gasteiger partial charge in [-0.2, -0.15) is 0 Å². The fraction of sp³-hybridized carbons (Fsp3) is 0.571. The minimum atomic E-state index is -0.413. The molecule has 2 N–H and O–H groups in total. The summed E-state index contributed by atoms with van der Waals surface area (Å²) in [4.78, 5) is 12.6. The largest absolute Gasteiger partial charge is 0.493 e. The zero-order valence-electron chi connectivity index (χ0n) is 11.5. The van der Waals surface area contributed by atoms with Crippen molar-refractivity contribution in [2.45, 2.75) is 25.3 Å². The third-order valence-electron chi connectivity index (χ3n) is 3.55. The standard InChI is InChI=1S/C14H21N3O3/c15-12-5-8-16(9-6-12)7-2-10-20-14-4-1-3-13(11-14)17(18)19/h1,3-4,11-12H,2,5-10,15H2. The van der Waals surface area contributed by atoms with Gasteiger partial charge in [-0.1, -0.05) is 6.07 Å². The fourth-order valence-electron chi connectivity index (χ4n) is 2.34. The van der Waals surface area contributed by atoms with Gasteiger partial charge >= 0.3 is 0 Å². The highest BCUT2D eigenvalue weighted by Gasteiger charge is 2.15. The summed E-state index contributed by atoms with van der Waals surface area (Å²) in [6, 6.07) is 6.66. The van der Waals surface area contributed by atoms with E-state index in [-0.39, 0.29) is 5.69 Å². The number of nitro groups is 1. The van der Waals surface area contributed by atoms with E-state index in [4.69, 9.17) is 10.5 Å². The van der Waals surface area contributed by atoms with Crippen molar-refractivity contribution in [3.05, 3.63) is 34.4 Å². The first-order chi connectivity index (χ1) is 9.65. The fourth-order valence-corrected chi connectivity index (χ4v) is 2.34. The Morgan fingerprint density at radius 2 is 2.15 bits per heavy atom. The lowest BCUT2D eigenvalue weighted by Crippen LogP contribution is -2.40. The van der Waals surface area contributed by atoms with Gasteiger partial charge in [0.1, 0.15) is 5.75 Å². The molecule has 0 amide bonds. The highest BCUT2D eigenvalue weighted by Crippen LogP contribution is 2.19. The lowest BCUT2D eigenvalue weighted by atomic mass is 10.1. The number of hydrogen-bond acceptors (Lipinski definition) is 5. The van der Waals surface area contributed by atoms with Gasteiger partial charge in [-0.25, -0.2) is 0 Å². The first kappa shape index (κ1) is 14.7. The van der Waals surface area contributed by atoms with Gasteiger partial charge in [0.2, 0.25) is 0 Å². The number of rotatable bonds is 6. The topological polar surface area (TPSA) is 81.6 Å². The molecule has 1 aromatic rings. The molecule has 110 valence electrons. The van der Waals surface area contributed by atoms with Crippen LogP contribution in [0, 0.1) is 10.1 Å². The molecule has 0 aliphatic carbocycles. The number of likely N-dealkylation sites (tertiary alicyclic amines) is 1. The average Bonchev–Trinajstić information content (AvgIpc) is 2.46. The summed E-state index contributed by atoms with van der Waals surface area (Å²) in [5, 5.41) is 10.6. The number of non-ortho nitro benzene ring substituents is 1. The quantitative estimate of drug-likeness (QED) is 0.487. The number of piperidine rings is 1. The Morgan fingerprint density at radius 1 is 1.40 bits per heavy atom. The molecule has 1 aromatic carbocycles. The highest BCUT2D eigenvalue weighted by atomic mass is 16.6. The van der Waals surface area contributed by atoms with Gasteiger partial charge in [0.05, 0.1) is 17.6 Å². The second kappa shape index (κ2) is 7.21. The van der Waals surface area contributed by atoms with Gasteiger partial charge in [-0.3, -0.25) is 10.1 Å². The number of hydrogen-bond donors (Lipinski definition) is 1. The molecule has 0 unspecified atom stereocenters. The Bertz CT molecular complexity index is 445. The van der Waals surface area contributed by atoms with E-state index in [1.807, 2.05) is 0 Å². The first-order valence-corrected chi connectivity index (χ1v) is 7.00. The first-order valence-electron chi connectivity index (χ1n) is 7.00. The van der Waals surface area contributed by atoms with Crippen molar-refractivity contribution in [1.82, 2.24) is 4.90 Å². The third kappa shape index (κ3) is 4.47. The summed E-state index contributed by atoms with van der Waals surface area (Å²) >= 11 is 0. The number of benzene rings is 1. The van der Waals surface area contributed by atoms with E-state index < -0.39 is 4.92 Å². The summed E-state index contributed by atoms with van der Waals surface area (Å²) in [7, 11) is 0. The van der Waals surface area contributed by atoms with Crippen LogP contribution in [-0.2, 0) is 0 Å². The third-order valence-corrected chi connectivity index (χ3v) is 3.55. The van der Waals surface area contributed by atoms with Gasteiger partial charge in [-0.05, 0) is 38.4 Å². The molecule has 6 heteroatoms. The van der Waals surface area contributed by atoms with Crippen molar-refractivity contribution in [2.24, 2.45) is 5.73 Å². The Kier molecular flexibility index (Phi) is 5.31. The van der Waals surface area contributed by atoms with Crippen molar-refractivity contribution >= 4 is 5.69 Å². The molecule has 0 spiro atoms. The summed E-state index contributed by atoms with van der Waals surface area (Å²) in [5.74, 6) is 0.555. The molecule has 0 atom stereocenters. The molecule has 1 heterocycles. The molecule has 0 aromatic heterocycles. The number of nitro benzene ring substituents is 1. The van der Waals surface area contributed by atoms with E-state index in [1.165, 1.54) is 12.1 Å². The van der Waals surface area contributed by atoms with Crippen molar-refractivity contribution < 1.29 is 9.66 Å². The zero-order chi connectivity index (χ0) is 14.4. The maximum Gasteiger partial charge on any atom is 0.273 e. The normalized spacial score (nSPS) is 17.1. The summed E-state index contributed by atoms with van der Waals surface area (Å²) < 4.78 is 5.55. The second-order valence-corrected chi connectivity index (χ2v) is 5.14. The Labute approximate surface area is 118 Å². The SMILES string of the molecule is NC1CCN(CCCOc2cccc([N+](=O)[O-])c2)CC1. The van der Waals surface area contributed by atoms with E-state index in [9.17, 15) is 10.1 Å². The van der Waals surface area contributed by atoms with Crippen LogP contribution in [0.25, 0.3) is 0 Å². The minimum absolute atomic E-state index is 0.0625. The molecule has 0 radical (unpaired) electrons. The molecule has 2 rings (SSSR count). The molecule has 20 heavy (non-hydrogen) atoms. The second-order valence-electron chi connectivity index (χ2n) is 5.14. The summed E-state index contributed by atoms with van der Waals surface area (Å²) in [6.07, 6.45) is 3.04. The lowest BCUT2D eigenvalue weighted by molar-refractivity contribution is -0.384. The molecule has 0 bridgehead atoms. The van der Waals surface area contributed by atoms with Crippen LogP contribution in [0.5, 0.6) is 5.75 Å². The van der Waals surface area contributed by atoms with Crippen LogP contribution in [0.2, 0.25) is 0 Å². The minimum Gasteiger partial charge on any atom is -0.493 e. The zero-order valence-corrected chi connectivity index (χ0v) is 11.5. The van der Waals surface area contributed by atoms with Crippen LogP contribution in [0.1, 0.15) is 19.3 Å². The van der Waals surface area contributed by atoms with Crippen LogP contribution in [0.15, 0.2) is 24.3 Å². The Morgan fingerprint density at radius 3 is 2.85 bits per heavy atom. The Balaban J connectivity index is 1.68. The van der Waals surface area contributed by atoms with Gasteiger partial charge in [0.25, 0.3) is 5.69 Å². The van der Waals surface area contributed by atoms with E-state index in [0.717, 1.165) is 38.9 Å². The van der Waals surface area contributed by atoms with Gasteiger partial charge in [-0.15, -0.1) is 0 Å². The average molecular weight is 279 g/mol. The van der Waals surface area contributed by atoms with Crippen LogP contribution in [-0.4, -0.2) is 42.1 Å². The smallest absolute Gasteiger partial charge is 0.273 e. The van der Waals surface area contributed by atoms with E-state index >= 15 is 0 Å². The van der Waals surface area contributed by atoms with Crippen molar-refractivity contribution in [1.29, 1.82) is 0 Å². The molecular formula is C14H21N3O3. The lowest BCUT2D eigenvalue weighted by Gasteiger charge is -2.29. The summed E-state index contributed by atoms with van der Waals surface area (Å²) in [6.45, 7) is 3.67. The molecule has 1 fully saturated rings. The number of nitrogens with two attached hydrogens (primary N) is 1. The van der Waals surface area contributed by atoms with Gasteiger partial charge < -0.3 is 15.4 Å². The molecule has 1 aliphatic rings. The van der Waals surface area contributed by atoms with Crippen LogP contribution in [0.4, 0.5) is 5.69 Å². The molecule has 1 saturated heterocycles. The van der Waals surface area contributed by atoms with Gasteiger partial charge in [0.15, 0.2) is 0 Å². The molecule has 6 nitrogen and oxygen atoms in total. The van der Waals surface area contributed by atoms with Crippen LogP contribution < -0.4 is 10.5 Å². The predicted molar refractivity (Wildman–Crippen MR) is 76.9 cm³/mol. The number of ether oxygens (including phenoxy) is 1. The predicted octanol–water partition coefficient (Wildman–Crippen LogP) is 1.79. The highest BCUT2D eigenvalue weighted by molar-refractivity contribution is 5.37. The number of nitrogens with zero attached hydrogens (tertiary/aromatic N) is 2. The summed E-state index contributed by atoms with van der Waals surface area (Å²) in [5.41, 5.74) is 5.92. The van der Waals surface area contributed by atoms with Gasteiger partial charge in [0, 0.05) is 18.7 Å². The van der Waals surface area contributed by atoms with E-state index in [1.54, 1.807) is 12.1 Å². The van der Waals surface area contributed by atoms with Crippen LogP contribution >= 0.6 is 0 Å². The maximum atomic E-state index is 10.6. The van der Waals surface area contributed by atoms with Crippen molar-refractivity contribution in [2.75, 3.05) is 26.2 Å². The monoisotopic (exact) mass is 279 g/mol. The van der Waals surface area contributed by atoms with Crippen LogP contribution in [0.3, 0.4) is 0 Å². The van der Waals surface area contributed by atoms with Crippen molar-refractivity contribution in [3.63, 3.8) is 0 Å². The molecule has 1 aliphatic heterocycles. The Hall–Kier alpha value is -1.66. The van der Waals surface area contributed by atoms with E-state index in [0.29, 0.717) is 18.4 Å². The van der Waals surface area contributed by atoms with Crippen molar-refractivity contribution in [3.8, 4) is 5.75 Å².